The van der Waals surface area contributed by atoms with E-state index in [1.807, 2.05) is 6.92 Å². The molecular weight excluding hydrogens is 359 g/mol. The van der Waals surface area contributed by atoms with E-state index in [9.17, 15) is 22.8 Å². The quantitative estimate of drug-likeness (QED) is 0.802. The zero-order valence-corrected chi connectivity index (χ0v) is 15.1. The number of piperidine rings is 1. The molecule has 5 nitrogen and oxygen atoms in total. The lowest BCUT2D eigenvalue weighted by Crippen LogP contribution is -2.44. The van der Waals surface area contributed by atoms with Crippen LogP contribution in [0.3, 0.4) is 0 Å². The minimum atomic E-state index is -4.58. The summed E-state index contributed by atoms with van der Waals surface area (Å²) in [7, 11) is 0. The Morgan fingerprint density at radius 1 is 1.22 bits per heavy atom. The van der Waals surface area contributed by atoms with Gasteiger partial charge < -0.3 is 4.90 Å². The summed E-state index contributed by atoms with van der Waals surface area (Å²) in [6.45, 7) is 3.89. The molecule has 0 saturated carbocycles. The lowest BCUT2D eigenvalue weighted by Gasteiger charge is -2.33. The maximum absolute atomic E-state index is 13.4. The number of para-hydroxylation sites is 1. The van der Waals surface area contributed by atoms with Gasteiger partial charge in [0.2, 0.25) is 5.43 Å². The van der Waals surface area contributed by atoms with Crippen LogP contribution in [-0.2, 0) is 6.18 Å². The highest BCUT2D eigenvalue weighted by atomic mass is 19.4. The van der Waals surface area contributed by atoms with Gasteiger partial charge in [-0.05, 0) is 45.2 Å². The highest BCUT2D eigenvalue weighted by Crippen LogP contribution is 2.33. The van der Waals surface area contributed by atoms with Gasteiger partial charge >= 0.3 is 6.18 Å². The second-order valence-corrected chi connectivity index (χ2v) is 6.77. The molecule has 1 aliphatic heterocycles. The van der Waals surface area contributed by atoms with E-state index in [0.717, 1.165) is 36.1 Å². The Morgan fingerprint density at radius 2 is 1.93 bits per heavy atom. The number of aryl methyl sites for hydroxylation is 1. The van der Waals surface area contributed by atoms with Gasteiger partial charge in [-0.15, -0.1) is 0 Å². The average Bonchev–Trinajstić information content (AvgIpc) is 2.61. The van der Waals surface area contributed by atoms with Crippen molar-refractivity contribution in [1.82, 2.24) is 14.7 Å². The molecule has 0 unspecified atom stereocenters. The third kappa shape index (κ3) is 3.74. The third-order valence-electron chi connectivity index (χ3n) is 4.81. The molecule has 3 rings (SSSR count). The van der Waals surface area contributed by atoms with Crippen molar-refractivity contribution in [3.8, 4) is 5.69 Å². The molecule has 1 fully saturated rings. The van der Waals surface area contributed by atoms with Crippen LogP contribution in [0.2, 0.25) is 0 Å². The van der Waals surface area contributed by atoms with E-state index in [-0.39, 0.29) is 23.1 Å². The van der Waals surface area contributed by atoms with Crippen LogP contribution in [0.25, 0.3) is 5.69 Å². The van der Waals surface area contributed by atoms with Crippen molar-refractivity contribution >= 4 is 5.91 Å². The largest absolute Gasteiger partial charge is 0.418 e. The molecule has 0 radical (unpaired) electrons. The van der Waals surface area contributed by atoms with Crippen molar-refractivity contribution in [2.75, 3.05) is 6.54 Å². The Kier molecular flexibility index (Phi) is 5.08. The first kappa shape index (κ1) is 19.1. The molecule has 27 heavy (non-hydrogen) atoms. The molecule has 8 heteroatoms. The van der Waals surface area contributed by atoms with Gasteiger partial charge in [0.05, 0.1) is 11.3 Å². The van der Waals surface area contributed by atoms with Gasteiger partial charge in [-0.3, -0.25) is 9.59 Å². The summed E-state index contributed by atoms with van der Waals surface area (Å²) >= 11 is 0. The minimum absolute atomic E-state index is 0.0373. The molecule has 0 bridgehead atoms. The van der Waals surface area contributed by atoms with E-state index in [1.54, 1.807) is 4.90 Å². The number of carbonyl (C=O) groups excluding carboxylic acids is 1. The number of rotatable bonds is 2. The van der Waals surface area contributed by atoms with E-state index in [2.05, 4.69) is 5.10 Å². The van der Waals surface area contributed by atoms with Crippen molar-refractivity contribution in [2.24, 2.45) is 0 Å². The minimum Gasteiger partial charge on any atom is -0.334 e. The van der Waals surface area contributed by atoms with Gasteiger partial charge in [-0.25, -0.2) is 4.68 Å². The van der Waals surface area contributed by atoms with Gasteiger partial charge in [0.1, 0.15) is 0 Å². The van der Waals surface area contributed by atoms with Crippen LogP contribution in [0, 0.1) is 6.92 Å². The third-order valence-corrected chi connectivity index (χ3v) is 4.81. The molecule has 2 heterocycles. The predicted octanol–water partition coefficient (Wildman–Crippen LogP) is 3.57. The van der Waals surface area contributed by atoms with E-state index >= 15 is 0 Å². The smallest absolute Gasteiger partial charge is 0.334 e. The Balaban J connectivity index is 2.11. The number of hydrogen-bond acceptors (Lipinski definition) is 3. The summed E-state index contributed by atoms with van der Waals surface area (Å²) in [5, 5.41) is 4.04. The molecule has 0 N–H and O–H groups in total. The fourth-order valence-electron chi connectivity index (χ4n) is 3.37. The van der Waals surface area contributed by atoms with Crippen molar-refractivity contribution < 1.29 is 18.0 Å². The number of aromatic nitrogens is 2. The number of halogens is 3. The van der Waals surface area contributed by atoms with E-state index < -0.39 is 23.1 Å². The highest BCUT2D eigenvalue weighted by molar-refractivity contribution is 5.92. The average molecular weight is 379 g/mol. The van der Waals surface area contributed by atoms with Crippen LogP contribution in [0.4, 0.5) is 13.2 Å². The van der Waals surface area contributed by atoms with Gasteiger partial charge in [0, 0.05) is 24.3 Å². The first-order valence-electron chi connectivity index (χ1n) is 8.78. The summed E-state index contributed by atoms with van der Waals surface area (Å²) in [5.41, 5.74) is -1.82. The van der Waals surface area contributed by atoms with Crippen molar-refractivity contribution in [1.29, 1.82) is 0 Å². The number of nitrogens with zero attached hydrogens (tertiary/aromatic N) is 3. The normalized spacial score (nSPS) is 17.8. The Bertz CT molecular complexity index is 921. The number of hydrogen-bond donors (Lipinski definition) is 0. The Morgan fingerprint density at radius 3 is 2.59 bits per heavy atom. The van der Waals surface area contributed by atoms with Crippen LogP contribution in [0.15, 0.2) is 35.1 Å². The zero-order valence-electron chi connectivity index (χ0n) is 15.1. The summed E-state index contributed by atoms with van der Waals surface area (Å²) in [6.07, 6.45) is -1.94. The molecule has 1 saturated heterocycles. The summed E-state index contributed by atoms with van der Waals surface area (Å²) in [6, 6.07) is 6.07. The van der Waals surface area contributed by atoms with Crippen molar-refractivity contribution in [2.45, 2.75) is 45.3 Å². The number of carbonyl (C=O) groups is 1. The lowest BCUT2D eigenvalue weighted by molar-refractivity contribution is -0.137. The van der Waals surface area contributed by atoms with Gasteiger partial charge in [0.25, 0.3) is 5.91 Å². The summed E-state index contributed by atoms with van der Waals surface area (Å²) < 4.78 is 41.1. The van der Waals surface area contributed by atoms with Crippen LogP contribution >= 0.6 is 0 Å². The van der Waals surface area contributed by atoms with E-state index in [1.165, 1.54) is 25.1 Å². The second-order valence-electron chi connectivity index (χ2n) is 6.77. The fraction of sp³-hybridized carbons (Fsp3) is 0.421. The molecule has 0 spiro atoms. The van der Waals surface area contributed by atoms with Crippen LogP contribution in [0.1, 0.15) is 47.9 Å². The number of alkyl halides is 3. The van der Waals surface area contributed by atoms with E-state index in [0.29, 0.717) is 6.54 Å². The monoisotopic (exact) mass is 379 g/mol. The molecule has 1 aromatic carbocycles. The first-order valence-corrected chi connectivity index (χ1v) is 8.78. The molecule has 0 aliphatic carbocycles. The first-order chi connectivity index (χ1) is 12.7. The number of likely N-dealkylation sites (tertiary alicyclic amines) is 1. The summed E-state index contributed by atoms with van der Waals surface area (Å²) in [4.78, 5) is 26.8. The van der Waals surface area contributed by atoms with Gasteiger partial charge in [-0.1, -0.05) is 12.1 Å². The van der Waals surface area contributed by atoms with Crippen LogP contribution in [0.5, 0.6) is 0 Å². The topological polar surface area (TPSA) is 55.2 Å². The molecule has 1 aromatic heterocycles. The van der Waals surface area contributed by atoms with E-state index in [4.69, 9.17) is 0 Å². The molecule has 1 amide bonds. The zero-order chi connectivity index (χ0) is 19.8. The summed E-state index contributed by atoms with van der Waals surface area (Å²) in [5.74, 6) is -0.537. The predicted molar refractivity (Wildman–Crippen MR) is 93.9 cm³/mol. The molecule has 2 aromatic rings. The number of benzene rings is 1. The van der Waals surface area contributed by atoms with Gasteiger partial charge in [-0.2, -0.15) is 18.3 Å². The maximum atomic E-state index is 13.4. The SMILES string of the molecule is Cc1cc(=O)c(C(=O)N2CCCC[C@H]2C)nn1-c1ccccc1C(F)(F)F. The lowest BCUT2D eigenvalue weighted by atomic mass is 10.0. The maximum Gasteiger partial charge on any atom is 0.418 e. The highest BCUT2D eigenvalue weighted by Gasteiger charge is 2.34. The molecular formula is C19H20F3N3O2. The second kappa shape index (κ2) is 7.17. The van der Waals surface area contributed by atoms with Gasteiger partial charge in [0.15, 0.2) is 5.69 Å². The molecule has 1 atom stereocenters. The number of amides is 1. The van der Waals surface area contributed by atoms with Crippen molar-refractivity contribution in [3.05, 3.63) is 57.5 Å². The Hall–Kier alpha value is -2.64. The molecule has 144 valence electrons. The van der Waals surface area contributed by atoms with Crippen molar-refractivity contribution in [3.63, 3.8) is 0 Å². The molecule has 1 aliphatic rings. The Labute approximate surface area is 154 Å². The fourth-order valence-corrected chi connectivity index (χ4v) is 3.37. The standard InChI is InChI=1S/C19H20F3N3O2/c1-12-7-5-6-10-24(12)18(27)17-16(26)11-13(2)25(23-17)15-9-4-3-8-14(15)19(20,21)22/h3-4,8-9,11-12H,5-7,10H2,1-2H3/t12-/m1/s1. The van der Waals surface area contributed by atoms with Crippen LogP contribution < -0.4 is 5.43 Å². The van der Waals surface area contributed by atoms with Crippen LogP contribution in [-0.4, -0.2) is 33.2 Å².